The summed E-state index contributed by atoms with van der Waals surface area (Å²) in [5.41, 5.74) is 0. The lowest BCUT2D eigenvalue weighted by atomic mass is 10.1. The summed E-state index contributed by atoms with van der Waals surface area (Å²) in [5, 5.41) is 5.75. The van der Waals surface area contributed by atoms with Gasteiger partial charge in [-0.2, -0.15) is 0 Å². The first-order valence-electron chi connectivity index (χ1n) is 7.83. The molecule has 1 N–H and O–H groups in total. The number of piperidine rings is 1. The van der Waals surface area contributed by atoms with Gasteiger partial charge in [0.15, 0.2) is 0 Å². The quantitative estimate of drug-likeness (QED) is 0.856. The highest BCUT2D eigenvalue weighted by Gasteiger charge is 2.22. The first kappa shape index (κ1) is 18.1. The van der Waals surface area contributed by atoms with Gasteiger partial charge in [0.1, 0.15) is 0 Å². The average molecular weight is 351 g/mol. The molecule has 1 fully saturated rings. The minimum Gasteiger partial charge on any atom is -0.340 e. The SMILES string of the molecule is CNC1CCCN(C(=O)CSc2ccc3ccccc3c2)C1.Cl. The van der Waals surface area contributed by atoms with E-state index < -0.39 is 0 Å². The van der Waals surface area contributed by atoms with E-state index in [9.17, 15) is 4.79 Å². The molecule has 5 heteroatoms. The fourth-order valence-electron chi connectivity index (χ4n) is 2.93. The second-order valence-corrected chi connectivity index (χ2v) is 6.81. The van der Waals surface area contributed by atoms with Gasteiger partial charge in [-0.15, -0.1) is 24.2 Å². The number of rotatable bonds is 4. The van der Waals surface area contributed by atoms with Gasteiger partial charge in [0.05, 0.1) is 5.75 Å². The largest absolute Gasteiger partial charge is 0.340 e. The molecule has 0 radical (unpaired) electrons. The summed E-state index contributed by atoms with van der Waals surface area (Å²) < 4.78 is 0. The maximum absolute atomic E-state index is 12.4. The molecule has 3 rings (SSSR count). The Kier molecular flexibility index (Phi) is 6.75. The number of likely N-dealkylation sites (tertiary alicyclic amines) is 1. The fraction of sp³-hybridized carbons (Fsp3) is 0.389. The van der Waals surface area contributed by atoms with Gasteiger partial charge in [0.2, 0.25) is 5.91 Å². The van der Waals surface area contributed by atoms with E-state index in [1.807, 2.05) is 24.1 Å². The van der Waals surface area contributed by atoms with E-state index in [1.165, 1.54) is 10.8 Å². The maximum atomic E-state index is 12.4. The minimum atomic E-state index is 0. The van der Waals surface area contributed by atoms with Crippen LogP contribution >= 0.6 is 24.2 Å². The number of likely N-dealkylation sites (N-methyl/N-ethyl adjacent to an activating group) is 1. The van der Waals surface area contributed by atoms with Gasteiger partial charge in [-0.3, -0.25) is 4.79 Å². The third-order valence-electron chi connectivity index (χ3n) is 4.27. The molecule has 0 aromatic heterocycles. The Morgan fingerprint density at radius 3 is 2.83 bits per heavy atom. The van der Waals surface area contributed by atoms with Crippen molar-refractivity contribution in [3.05, 3.63) is 42.5 Å². The summed E-state index contributed by atoms with van der Waals surface area (Å²) in [6, 6.07) is 15.2. The van der Waals surface area contributed by atoms with Crippen molar-refractivity contribution in [1.82, 2.24) is 10.2 Å². The highest BCUT2D eigenvalue weighted by Crippen LogP contribution is 2.24. The molecular weight excluding hydrogens is 328 g/mol. The molecule has 1 heterocycles. The van der Waals surface area contributed by atoms with E-state index in [-0.39, 0.29) is 18.3 Å². The van der Waals surface area contributed by atoms with Crippen molar-refractivity contribution in [2.75, 3.05) is 25.9 Å². The standard InChI is InChI=1S/C18H22N2OS.ClH/c1-19-16-7-4-10-20(12-16)18(21)13-22-17-9-8-14-5-2-3-6-15(14)11-17;/h2-3,5-6,8-9,11,16,19H,4,7,10,12-13H2,1H3;1H. The van der Waals surface area contributed by atoms with E-state index in [4.69, 9.17) is 0 Å². The smallest absolute Gasteiger partial charge is 0.232 e. The van der Waals surface area contributed by atoms with Gasteiger partial charge in [-0.25, -0.2) is 0 Å². The van der Waals surface area contributed by atoms with Crippen LogP contribution in [0, 0.1) is 0 Å². The van der Waals surface area contributed by atoms with Gasteiger partial charge in [-0.05, 0) is 42.8 Å². The third kappa shape index (κ3) is 4.63. The molecule has 0 spiro atoms. The van der Waals surface area contributed by atoms with Gasteiger partial charge in [0.25, 0.3) is 0 Å². The number of carbonyl (C=O) groups is 1. The van der Waals surface area contributed by atoms with E-state index in [0.717, 1.165) is 30.8 Å². The van der Waals surface area contributed by atoms with Gasteiger partial charge >= 0.3 is 0 Å². The van der Waals surface area contributed by atoms with Crippen LogP contribution in [-0.2, 0) is 4.79 Å². The van der Waals surface area contributed by atoms with E-state index >= 15 is 0 Å². The number of fused-ring (bicyclic) bond motifs is 1. The van der Waals surface area contributed by atoms with Crippen molar-refractivity contribution < 1.29 is 4.79 Å². The molecule has 1 amide bonds. The normalized spacial score (nSPS) is 17.8. The number of hydrogen-bond acceptors (Lipinski definition) is 3. The Bertz CT molecular complexity index is 664. The van der Waals surface area contributed by atoms with Gasteiger partial charge in [0, 0.05) is 24.0 Å². The predicted octanol–water partition coefficient (Wildman–Crippen LogP) is 3.56. The van der Waals surface area contributed by atoms with Crippen LogP contribution in [0.2, 0.25) is 0 Å². The molecular formula is C18H23ClN2OS. The fourth-order valence-corrected chi connectivity index (χ4v) is 3.78. The second kappa shape index (κ2) is 8.57. The van der Waals surface area contributed by atoms with Crippen molar-refractivity contribution in [1.29, 1.82) is 0 Å². The summed E-state index contributed by atoms with van der Waals surface area (Å²) in [5.74, 6) is 0.771. The zero-order valence-electron chi connectivity index (χ0n) is 13.3. The molecule has 2 aromatic carbocycles. The first-order valence-corrected chi connectivity index (χ1v) is 8.81. The molecule has 1 aliphatic heterocycles. The number of hydrogen-bond donors (Lipinski definition) is 1. The monoisotopic (exact) mass is 350 g/mol. The highest BCUT2D eigenvalue weighted by molar-refractivity contribution is 8.00. The van der Waals surface area contributed by atoms with Crippen molar-refractivity contribution in [3.63, 3.8) is 0 Å². The van der Waals surface area contributed by atoms with Crippen LogP contribution in [-0.4, -0.2) is 42.7 Å². The summed E-state index contributed by atoms with van der Waals surface area (Å²) in [6.45, 7) is 1.74. The summed E-state index contributed by atoms with van der Waals surface area (Å²) in [4.78, 5) is 15.5. The lowest BCUT2D eigenvalue weighted by Crippen LogP contribution is -2.47. The van der Waals surface area contributed by atoms with Crippen LogP contribution in [0.25, 0.3) is 10.8 Å². The zero-order chi connectivity index (χ0) is 15.4. The van der Waals surface area contributed by atoms with Crippen molar-refractivity contribution >= 4 is 40.8 Å². The Balaban J connectivity index is 0.00000192. The first-order chi connectivity index (χ1) is 10.8. The number of thioether (sulfide) groups is 1. The molecule has 1 saturated heterocycles. The lowest BCUT2D eigenvalue weighted by molar-refractivity contribution is -0.129. The topological polar surface area (TPSA) is 32.3 Å². The molecule has 23 heavy (non-hydrogen) atoms. The zero-order valence-corrected chi connectivity index (χ0v) is 15.0. The molecule has 1 atom stereocenters. The van der Waals surface area contributed by atoms with E-state index in [1.54, 1.807) is 11.8 Å². The number of amides is 1. The van der Waals surface area contributed by atoms with E-state index in [0.29, 0.717) is 11.8 Å². The molecule has 0 bridgehead atoms. The summed E-state index contributed by atoms with van der Waals surface area (Å²) in [7, 11) is 1.97. The molecule has 0 aliphatic carbocycles. The van der Waals surface area contributed by atoms with Crippen LogP contribution in [0.3, 0.4) is 0 Å². The molecule has 1 unspecified atom stereocenters. The van der Waals surface area contributed by atoms with Crippen LogP contribution in [0.1, 0.15) is 12.8 Å². The maximum Gasteiger partial charge on any atom is 0.232 e. The Morgan fingerprint density at radius 2 is 2.04 bits per heavy atom. The highest BCUT2D eigenvalue weighted by atomic mass is 35.5. The predicted molar refractivity (Wildman–Crippen MR) is 101 cm³/mol. The molecule has 2 aromatic rings. The van der Waals surface area contributed by atoms with Gasteiger partial charge in [-0.1, -0.05) is 30.3 Å². The summed E-state index contributed by atoms with van der Waals surface area (Å²) >= 11 is 1.63. The lowest BCUT2D eigenvalue weighted by Gasteiger charge is -2.32. The Hall–Kier alpha value is -1.23. The molecule has 1 aliphatic rings. The summed E-state index contributed by atoms with van der Waals surface area (Å²) in [6.07, 6.45) is 2.26. The minimum absolute atomic E-state index is 0. The number of benzene rings is 2. The molecule has 3 nitrogen and oxygen atoms in total. The van der Waals surface area contributed by atoms with Crippen molar-refractivity contribution in [2.24, 2.45) is 0 Å². The molecule has 124 valence electrons. The average Bonchev–Trinajstić information content (AvgIpc) is 2.59. The van der Waals surface area contributed by atoms with E-state index in [2.05, 4.69) is 35.6 Å². The third-order valence-corrected chi connectivity index (χ3v) is 5.24. The van der Waals surface area contributed by atoms with Crippen molar-refractivity contribution in [3.8, 4) is 0 Å². The van der Waals surface area contributed by atoms with Crippen LogP contribution in [0.4, 0.5) is 0 Å². The Labute approximate surface area is 148 Å². The van der Waals surface area contributed by atoms with Crippen molar-refractivity contribution in [2.45, 2.75) is 23.8 Å². The molecule has 0 saturated carbocycles. The Morgan fingerprint density at radius 1 is 1.26 bits per heavy atom. The van der Waals surface area contributed by atoms with Gasteiger partial charge < -0.3 is 10.2 Å². The second-order valence-electron chi connectivity index (χ2n) is 5.77. The number of nitrogens with zero attached hydrogens (tertiary/aromatic N) is 1. The number of halogens is 1. The van der Waals surface area contributed by atoms with Crippen LogP contribution in [0.15, 0.2) is 47.4 Å². The number of nitrogens with one attached hydrogen (secondary N) is 1. The van der Waals surface area contributed by atoms with Crippen LogP contribution < -0.4 is 5.32 Å². The number of carbonyl (C=O) groups excluding carboxylic acids is 1. The van der Waals surface area contributed by atoms with Crippen LogP contribution in [0.5, 0.6) is 0 Å².